The predicted octanol–water partition coefficient (Wildman–Crippen LogP) is 2.23. The Kier molecular flexibility index (Phi) is 3.76. The molecule has 4 rings (SSSR count). The van der Waals surface area contributed by atoms with Crippen molar-refractivity contribution in [1.82, 2.24) is 19.5 Å². The number of morpholine rings is 1. The van der Waals surface area contributed by atoms with E-state index in [0.29, 0.717) is 19.0 Å². The van der Waals surface area contributed by atoms with Gasteiger partial charge in [-0.2, -0.15) is 4.52 Å². The van der Waals surface area contributed by atoms with Crippen molar-refractivity contribution in [2.75, 3.05) is 26.3 Å². The van der Waals surface area contributed by atoms with Gasteiger partial charge in [-0.1, -0.05) is 41.7 Å². The highest BCUT2D eigenvalue weighted by Gasteiger charge is 2.30. The average molecular weight is 330 g/mol. The van der Waals surface area contributed by atoms with Crippen molar-refractivity contribution in [2.24, 2.45) is 0 Å². The molecule has 0 bridgehead atoms. The highest BCUT2D eigenvalue weighted by atomic mass is 32.1. The zero-order valence-electron chi connectivity index (χ0n) is 12.8. The molecule has 1 fully saturated rings. The van der Waals surface area contributed by atoms with Crippen LogP contribution in [0.1, 0.15) is 22.3 Å². The number of thiazole rings is 1. The molecule has 3 aromatic rings. The summed E-state index contributed by atoms with van der Waals surface area (Å²) in [6.07, 6.45) is 0. The van der Waals surface area contributed by atoms with Gasteiger partial charge in [0.2, 0.25) is 10.8 Å². The summed E-state index contributed by atoms with van der Waals surface area (Å²) in [7, 11) is 0. The van der Waals surface area contributed by atoms with E-state index in [2.05, 4.69) is 27.1 Å². The Balaban J connectivity index is 1.82. The highest BCUT2D eigenvalue weighted by molar-refractivity contribution is 7.17. The van der Waals surface area contributed by atoms with Gasteiger partial charge < -0.3 is 9.84 Å². The van der Waals surface area contributed by atoms with Gasteiger partial charge in [-0.25, -0.2) is 4.98 Å². The number of hydrogen-bond donors (Lipinski definition) is 1. The largest absolute Gasteiger partial charge is 0.492 e. The zero-order valence-corrected chi connectivity index (χ0v) is 13.7. The molecule has 1 aromatic carbocycles. The minimum absolute atomic E-state index is 0.00564. The number of aromatic hydroxyl groups is 1. The fraction of sp³-hybridized carbons (Fsp3) is 0.375. The van der Waals surface area contributed by atoms with Crippen LogP contribution in [-0.2, 0) is 4.74 Å². The van der Waals surface area contributed by atoms with Gasteiger partial charge in [0.25, 0.3) is 0 Å². The standard InChI is InChI=1S/C16H18N4O2S/c1-11-17-16-20(18-11)15(21)14(23-16)13(12-5-3-2-4-6-12)19-7-9-22-10-8-19/h2-6,13,21H,7-10H2,1H3/t13-/m0/s1. The van der Waals surface area contributed by atoms with E-state index in [1.165, 1.54) is 15.9 Å². The minimum Gasteiger partial charge on any atom is -0.492 e. The molecule has 23 heavy (non-hydrogen) atoms. The first kappa shape index (κ1) is 14.6. The summed E-state index contributed by atoms with van der Waals surface area (Å²) in [4.78, 5) is 8.34. The fourth-order valence-electron chi connectivity index (χ4n) is 3.03. The van der Waals surface area contributed by atoms with E-state index in [1.807, 2.05) is 25.1 Å². The Morgan fingerprint density at radius 2 is 1.96 bits per heavy atom. The molecule has 2 aromatic heterocycles. The van der Waals surface area contributed by atoms with E-state index < -0.39 is 0 Å². The quantitative estimate of drug-likeness (QED) is 0.798. The topological polar surface area (TPSA) is 62.9 Å². The van der Waals surface area contributed by atoms with Gasteiger partial charge in [0, 0.05) is 13.1 Å². The molecule has 3 heterocycles. The number of rotatable bonds is 3. The van der Waals surface area contributed by atoms with Crippen molar-refractivity contribution in [3.05, 3.63) is 46.6 Å². The number of nitrogens with zero attached hydrogens (tertiary/aromatic N) is 4. The number of aryl methyl sites for hydroxylation is 1. The lowest BCUT2D eigenvalue weighted by Crippen LogP contribution is -2.39. The molecule has 1 aliphatic heterocycles. The Bertz CT molecular complexity index is 808. The Hall–Kier alpha value is -1.96. The van der Waals surface area contributed by atoms with Crippen molar-refractivity contribution < 1.29 is 9.84 Å². The van der Waals surface area contributed by atoms with E-state index in [9.17, 15) is 5.11 Å². The molecule has 120 valence electrons. The summed E-state index contributed by atoms with van der Waals surface area (Å²) in [5, 5.41) is 15.0. The Labute approximate surface area is 138 Å². The molecule has 0 aliphatic carbocycles. The monoisotopic (exact) mass is 330 g/mol. The molecule has 1 aliphatic rings. The van der Waals surface area contributed by atoms with Crippen LogP contribution in [-0.4, -0.2) is 50.9 Å². The second kappa shape index (κ2) is 5.92. The molecule has 0 unspecified atom stereocenters. The maximum absolute atomic E-state index is 10.7. The van der Waals surface area contributed by atoms with Gasteiger partial charge >= 0.3 is 0 Å². The Morgan fingerprint density at radius 1 is 1.22 bits per heavy atom. The summed E-state index contributed by atoms with van der Waals surface area (Å²) < 4.78 is 7.01. The second-order valence-electron chi connectivity index (χ2n) is 5.60. The number of hydrogen-bond acceptors (Lipinski definition) is 6. The van der Waals surface area contributed by atoms with E-state index in [0.717, 1.165) is 28.5 Å². The summed E-state index contributed by atoms with van der Waals surface area (Å²) in [5.41, 5.74) is 1.16. The molecule has 0 radical (unpaired) electrons. The predicted molar refractivity (Wildman–Crippen MR) is 87.9 cm³/mol. The molecule has 1 saturated heterocycles. The summed E-state index contributed by atoms with van der Waals surface area (Å²) in [6, 6.07) is 10.3. The summed E-state index contributed by atoms with van der Waals surface area (Å²) in [5.74, 6) is 0.853. The first-order valence-electron chi connectivity index (χ1n) is 7.66. The lowest BCUT2D eigenvalue weighted by Gasteiger charge is -2.34. The first-order chi connectivity index (χ1) is 11.2. The second-order valence-corrected chi connectivity index (χ2v) is 6.61. The van der Waals surface area contributed by atoms with Gasteiger partial charge in [0.1, 0.15) is 5.82 Å². The summed E-state index contributed by atoms with van der Waals surface area (Å²) in [6.45, 7) is 4.93. The van der Waals surface area contributed by atoms with Crippen molar-refractivity contribution in [3.63, 3.8) is 0 Å². The average Bonchev–Trinajstić information content (AvgIpc) is 3.08. The highest BCUT2D eigenvalue weighted by Crippen LogP contribution is 2.39. The normalized spacial score (nSPS) is 17.6. The maximum Gasteiger partial charge on any atom is 0.230 e. The van der Waals surface area contributed by atoms with Gasteiger partial charge in [-0.3, -0.25) is 4.90 Å². The lowest BCUT2D eigenvalue weighted by molar-refractivity contribution is 0.0241. The van der Waals surface area contributed by atoms with E-state index in [1.54, 1.807) is 0 Å². The van der Waals surface area contributed by atoms with Crippen LogP contribution in [0.4, 0.5) is 0 Å². The summed E-state index contributed by atoms with van der Waals surface area (Å²) >= 11 is 1.50. The molecule has 0 amide bonds. The van der Waals surface area contributed by atoms with E-state index in [-0.39, 0.29) is 11.9 Å². The fourth-order valence-corrected chi connectivity index (χ4v) is 4.19. The van der Waals surface area contributed by atoms with Crippen molar-refractivity contribution in [1.29, 1.82) is 0 Å². The van der Waals surface area contributed by atoms with Gasteiger partial charge in [0.05, 0.1) is 24.1 Å². The van der Waals surface area contributed by atoms with Crippen molar-refractivity contribution in [2.45, 2.75) is 13.0 Å². The molecular weight excluding hydrogens is 312 g/mol. The lowest BCUT2D eigenvalue weighted by atomic mass is 10.0. The number of benzene rings is 1. The van der Waals surface area contributed by atoms with Crippen molar-refractivity contribution >= 4 is 16.3 Å². The van der Waals surface area contributed by atoms with Crippen LogP contribution < -0.4 is 0 Å². The van der Waals surface area contributed by atoms with E-state index >= 15 is 0 Å². The third kappa shape index (κ3) is 2.60. The molecule has 1 N–H and O–H groups in total. The smallest absolute Gasteiger partial charge is 0.230 e. The van der Waals surface area contributed by atoms with Crippen LogP contribution >= 0.6 is 11.3 Å². The van der Waals surface area contributed by atoms with Crippen LogP contribution in [0.3, 0.4) is 0 Å². The van der Waals surface area contributed by atoms with E-state index in [4.69, 9.17) is 4.74 Å². The van der Waals surface area contributed by atoms with Crippen LogP contribution in [0.5, 0.6) is 5.88 Å². The van der Waals surface area contributed by atoms with Crippen molar-refractivity contribution in [3.8, 4) is 5.88 Å². The van der Waals surface area contributed by atoms with Gasteiger partial charge in [-0.05, 0) is 12.5 Å². The van der Waals surface area contributed by atoms with Crippen LogP contribution in [0.15, 0.2) is 30.3 Å². The molecule has 1 atom stereocenters. The van der Waals surface area contributed by atoms with Gasteiger partial charge in [-0.15, -0.1) is 5.10 Å². The third-order valence-electron chi connectivity index (χ3n) is 4.08. The molecule has 0 saturated carbocycles. The Morgan fingerprint density at radius 3 is 2.65 bits per heavy atom. The maximum atomic E-state index is 10.7. The van der Waals surface area contributed by atoms with Crippen LogP contribution in [0, 0.1) is 6.92 Å². The molecular formula is C16H18N4O2S. The molecule has 6 nitrogen and oxygen atoms in total. The third-order valence-corrected chi connectivity index (χ3v) is 5.15. The van der Waals surface area contributed by atoms with Gasteiger partial charge in [0.15, 0.2) is 0 Å². The number of aromatic nitrogens is 3. The number of fused-ring (bicyclic) bond motifs is 1. The molecule has 0 spiro atoms. The number of ether oxygens (including phenoxy) is 1. The first-order valence-corrected chi connectivity index (χ1v) is 8.47. The molecule has 7 heteroatoms. The van der Waals surface area contributed by atoms with Crippen LogP contribution in [0.25, 0.3) is 4.96 Å². The minimum atomic E-state index is -0.00564. The van der Waals surface area contributed by atoms with Crippen LogP contribution in [0.2, 0.25) is 0 Å². The SMILES string of the molecule is Cc1nc2sc([C@H](c3ccccc3)N3CCOCC3)c(O)n2n1. The zero-order chi connectivity index (χ0) is 15.8.